The van der Waals surface area contributed by atoms with Crippen LogP contribution in [0.5, 0.6) is 5.75 Å². The van der Waals surface area contributed by atoms with E-state index in [0.29, 0.717) is 20.4 Å². The van der Waals surface area contributed by atoms with E-state index in [2.05, 4.69) is 31.6 Å². The third-order valence-corrected chi connectivity index (χ3v) is 3.28. The van der Waals surface area contributed by atoms with Gasteiger partial charge in [0, 0.05) is 0 Å². The molecule has 3 N–H and O–H groups in total. The van der Waals surface area contributed by atoms with Gasteiger partial charge >= 0.3 is 0 Å². The Morgan fingerprint density at radius 1 is 1.47 bits per heavy atom. The van der Waals surface area contributed by atoms with Crippen LogP contribution >= 0.6 is 27.3 Å². The lowest BCUT2D eigenvalue weighted by atomic mass is 10.3. The van der Waals surface area contributed by atoms with E-state index in [1.54, 1.807) is 6.07 Å². The van der Waals surface area contributed by atoms with E-state index in [1.165, 1.54) is 23.5 Å². The van der Waals surface area contributed by atoms with Crippen molar-refractivity contribution in [1.82, 2.24) is 10.2 Å². The number of nitrogens with two attached hydrogens (primary N) is 1. The lowest BCUT2D eigenvalue weighted by molar-refractivity contribution is 0.302. The van der Waals surface area contributed by atoms with E-state index >= 15 is 0 Å². The highest BCUT2D eigenvalue weighted by Crippen LogP contribution is 2.26. The van der Waals surface area contributed by atoms with Crippen LogP contribution in [0.25, 0.3) is 0 Å². The number of aromatic nitrogens is 2. The highest BCUT2D eigenvalue weighted by molar-refractivity contribution is 9.10. The molecule has 0 saturated carbocycles. The number of halogens is 2. The Kier molecular flexibility index (Phi) is 3.87. The molecule has 0 fully saturated rings. The smallest absolute Gasteiger partial charge is 0.219 e. The molecule has 0 aliphatic rings. The van der Waals surface area contributed by atoms with Crippen molar-refractivity contribution in [3.63, 3.8) is 0 Å². The van der Waals surface area contributed by atoms with Crippen molar-refractivity contribution in [1.29, 1.82) is 0 Å². The topological polar surface area (TPSA) is 73.1 Å². The van der Waals surface area contributed by atoms with Crippen LogP contribution in [-0.4, -0.2) is 10.2 Å². The van der Waals surface area contributed by atoms with Gasteiger partial charge in [0.1, 0.15) is 18.2 Å². The summed E-state index contributed by atoms with van der Waals surface area (Å²) in [5, 5.41) is 8.82. The standard InChI is InChI=1S/C9H8BrFN4OS/c10-6-3-5(11)1-2-7(6)16-4-8-14-15-9(13-12)17-8/h1-3H,4,12H2,(H,13,15). The molecule has 5 nitrogen and oxygen atoms in total. The minimum Gasteiger partial charge on any atom is -0.485 e. The molecule has 0 bridgehead atoms. The Morgan fingerprint density at radius 3 is 2.94 bits per heavy atom. The van der Waals surface area contributed by atoms with Gasteiger partial charge in [-0.1, -0.05) is 11.3 Å². The van der Waals surface area contributed by atoms with Crippen LogP contribution < -0.4 is 16.0 Å². The molecule has 2 rings (SSSR count). The lowest BCUT2D eigenvalue weighted by Crippen LogP contribution is -2.05. The number of hydrogen-bond acceptors (Lipinski definition) is 6. The molecule has 8 heteroatoms. The summed E-state index contributed by atoms with van der Waals surface area (Å²) >= 11 is 4.50. The van der Waals surface area contributed by atoms with E-state index in [4.69, 9.17) is 10.6 Å². The summed E-state index contributed by atoms with van der Waals surface area (Å²) in [6, 6.07) is 4.21. The predicted octanol–water partition coefficient (Wildman–Crippen LogP) is 2.30. The molecule has 0 amide bonds. The molecule has 1 aromatic heterocycles. The molecule has 0 aliphatic heterocycles. The largest absolute Gasteiger partial charge is 0.485 e. The number of nitrogens with zero attached hydrogens (tertiary/aromatic N) is 2. The zero-order chi connectivity index (χ0) is 12.3. The molecule has 0 unspecified atom stereocenters. The summed E-state index contributed by atoms with van der Waals surface area (Å²) in [5.74, 6) is 5.40. The summed E-state index contributed by atoms with van der Waals surface area (Å²) in [4.78, 5) is 0. The molecular formula is C9H8BrFN4OS. The van der Waals surface area contributed by atoms with Crippen molar-refractivity contribution < 1.29 is 9.13 Å². The highest BCUT2D eigenvalue weighted by atomic mass is 79.9. The molecule has 90 valence electrons. The summed E-state index contributed by atoms with van der Waals surface area (Å²) < 4.78 is 18.8. The van der Waals surface area contributed by atoms with Crippen molar-refractivity contribution in [3.8, 4) is 5.75 Å². The number of ether oxygens (including phenoxy) is 1. The first-order valence-corrected chi connectivity index (χ1v) is 6.17. The SMILES string of the molecule is NNc1nnc(COc2ccc(F)cc2Br)s1. The third-order valence-electron chi connectivity index (χ3n) is 1.84. The lowest BCUT2D eigenvalue weighted by Gasteiger charge is -2.05. The second-order valence-electron chi connectivity index (χ2n) is 3.01. The first-order valence-electron chi connectivity index (χ1n) is 4.56. The van der Waals surface area contributed by atoms with Gasteiger partial charge < -0.3 is 4.74 Å². The Labute approximate surface area is 109 Å². The maximum atomic E-state index is 12.8. The predicted molar refractivity (Wildman–Crippen MR) is 66.2 cm³/mol. The van der Waals surface area contributed by atoms with Gasteiger partial charge in [0.25, 0.3) is 0 Å². The summed E-state index contributed by atoms with van der Waals surface area (Å²) in [6.45, 7) is 0.254. The van der Waals surface area contributed by atoms with Gasteiger partial charge in [-0.2, -0.15) is 0 Å². The fourth-order valence-electron chi connectivity index (χ4n) is 1.10. The van der Waals surface area contributed by atoms with Crippen LogP contribution in [0.3, 0.4) is 0 Å². The monoisotopic (exact) mass is 318 g/mol. The van der Waals surface area contributed by atoms with E-state index in [-0.39, 0.29) is 12.4 Å². The fourth-order valence-corrected chi connectivity index (χ4v) is 2.13. The number of hydrogen-bond donors (Lipinski definition) is 2. The summed E-state index contributed by atoms with van der Waals surface area (Å²) in [7, 11) is 0. The average molecular weight is 319 g/mol. The molecule has 1 heterocycles. The van der Waals surface area contributed by atoms with Gasteiger partial charge in [-0.3, -0.25) is 5.43 Å². The van der Waals surface area contributed by atoms with Gasteiger partial charge in [-0.25, -0.2) is 10.2 Å². The van der Waals surface area contributed by atoms with E-state index in [9.17, 15) is 4.39 Å². The van der Waals surface area contributed by atoms with Crippen LogP contribution in [0.2, 0.25) is 0 Å². The zero-order valence-corrected chi connectivity index (χ0v) is 10.9. The minimum atomic E-state index is -0.324. The Hall–Kier alpha value is -1.25. The van der Waals surface area contributed by atoms with Gasteiger partial charge in [0.05, 0.1) is 4.47 Å². The van der Waals surface area contributed by atoms with Crippen molar-refractivity contribution in [3.05, 3.63) is 33.5 Å². The van der Waals surface area contributed by atoms with Crippen LogP contribution in [0.4, 0.5) is 9.52 Å². The highest BCUT2D eigenvalue weighted by Gasteiger charge is 2.06. The number of rotatable bonds is 4. The van der Waals surface area contributed by atoms with Crippen molar-refractivity contribution in [2.24, 2.45) is 5.84 Å². The normalized spacial score (nSPS) is 10.3. The third kappa shape index (κ3) is 3.11. The van der Waals surface area contributed by atoms with E-state index in [0.717, 1.165) is 0 Å². The second-order valence-corrected chi connectivity index (χ2v) is 4.93. The number of anilines is 1. The van der Waals surface area contributed by atoms with Crippen LogP contribution in [0.15, 0.2) is 22.7 Å². The minimum absolute atomic E-state index is 0.254. The quantitative estimate of drug-likeness (QED) is 0.668. The maximum absolute atomic E-state index is 12.8. The van der Waals surface area contributed by atoms with Crippen LogP contribution in [0, 0.1) is 5.82 Å². The molecule has 1 aromatic carbocycles. The number of benzene rings is 1. The van der Waals surface area contributed by atoms with E-state index < -0.39 is 0 Å². The molecule has 2 aromatic rings. The Morgan fingerprint density at radius 2 is 2.29 bits per heavy atom. The average Bonchev–Trinajstić information content (AvgIpc) is 2.76. The van der Waals surface area contributed by atoms with Gasteiger partial charge in [-0.05, 0) is 34.1 Å². The molecule has 17 heavy (non-hydrogen) atoms. The van der Waals surface area contributed by atoms with Crippen LogP contribution in [-0.2, 0) is 6.61 Å². The fraction of sp³-hybridized carbons (Fsp3) is 0.111. The molecule has 0 aliphatic carbocycles. The first kappa shape index (κ1) is 12.2. The van der Waals surface area contributed by atoms with E-state index in [1.807, 2.05) is 0 Å². The summed E-state index contributed by atoms with van der Waals surface area (Å²) in [6.07, 6.45) is 0. The molecular weight excluding hydrogens is 311 g/mol. The van der Waals surface area contributed by atoms with Crippen molar-refractivity contribution in [2.45, 2.75) is 6.61 Å². The molecule has 0 radical (unpaired) electrons. The maximum Gasteiger partial charge on any atom is 0.219 e. The number of nitrogens with one attached hydrogen (secondary N) is 1. The van der Waals surface area contributed by atoms with Crippen molar-refractivity contribution in [2.75, 3.05) is 5.43 Å². The molecule has 0 spiro atoms. The Balaban J connectivity index is 2.02. The Bertz CT molecular complexity index is 521. The van der Waals surface area contributed by atoms with Gasteiger partial charge in [0.2, 0.25) is 5.13 Å². The summed E-state index contributed by atoms with van der Waals surface area (Å²) in [5.41, 5.74) is 2.39. The number of hydrazine groups is 1. The van der Waals surface area contributed by atoms with Crippen molar-refractivity contribution >= 4 is 32.4 Å². The zero-order valence-electron chi connectivity index (χ0n) is 8.48. The van der Waals surface area contributed by atoms with Gasteiger partial charge in [-0.15, -0.1) is 10.2 Å². The molecule has 0 atom stereocenters. The van der Waals surface area contributed by atoms with Crippen LogP contribution in [0.1, 0.15) is 5.01 Å². The second kappa shape index (κ2) is 5.39. The van der Waals surface area contributed by atoms with Gasteiger partial charge in [0.15, 0.2) is 5.01 Å². The first-order chi connectivity index (χ1) is 8.19. The molecule has 0 saturated heterocycles. The number of nitrogen functional groups attached to an aromatic ring is 1.